The molecule has 3 rings (SSSR count). The zero-order chi connectivity index (χ0) is 16.6. The molecule has 0 aliphatic carbocycles. The van der Waals surface area contributed by atoms with Gasteiger partial charge in [0, 0.05) is 13.7 Å². The van der Waals surface area contributed by atoms with Gasteiger partial charge < -0.3 is 14.0 Å². The molecule has 24 heavy (non-hydrogen) atoms. The van der Waals surface area contributed by atoms with Crippen molar-refractivity contribution in [3.63, 3.8) is 0 Å². The standard InChI is InChI=1S/C20H22N2O2/c1-23-15-16-24-14-13-22-19-10-6-5-9-18(19)21-20(22)12-11-17-7-3-2-4-8-17/h2-12H,13-16H2,1H3. The van der Waals surface area contributed by atoms with Crippen LogP contribution in [0, 0.1) is 0 Å². The summed E-state index contributed by atoms with van der Waals surface area (Å²) in [5.74, 6) is 0.940. The largest absolute Gasteiger partial charge is 0.382 e. The quantitative estimate of drug-likeness (QED) is 0.591. The van der Waals surface area contributed by atoms with Crippen LogP contribution >= 0.6 is 0 Å². The van der Waals surface area contributed by atoms with Gasteiger partial charge in [-0.3, -0.25) is 0 Å². The Kier molecular flexibility index (Phi) is 5.77. The van der Waals surface area contributed by atoms with Crippen molar-refractivity contribution in [1.29, 1.82) is 0 Å². The first-order chi connectivity index (χ1) is 11.9. The number of ether oxygens (including phenoxy) is 2. The van der Waals surface area contributed by atoms with Gasteiger partial charge in [0.15, 0.2) is 0 Å². The van der Waals surface area contributed by atoms with Crippen LogP contribution in [0.4, 0.5) is 0 Å². The first kappa shape index (κ1) is 16.4. The highest BCUT2D eigenvalue weighted by Crippen LogP contribution is 2.18. The van der Waals surface area contributed by atoms with Crippen LogP contribution in [-0.4, -0.2) is 36.5 Å². The van der Waals surface area contributed by atoms with Crippen molar-refractivity contribution in [1.82, 2.24) is 9.55 Å². The Labute approximate surface area is 142 Å². The molecule has 4 nitrogen and oxygen atoms in total. The number of methoxy groups -OCH3 is 1. The first-order valence-corrected chi connectivity index (χ1v) is 8.13. The molecule has 2 aromatic carbocycles. The van der Waals surface area contributed by atoms with Gasteiger partial charge in [0.2, 0.25) is 0 Å². The van der Waals surface area contributed by atoms with Gasteiger partial charge in [0.05, 0.1) is 30.9 Å². The Balaban J connectivity index is 1.80. The predicted octanol–water partition coefficient (Wildman–Crippen LogP) is 3.87. The lowest BCUT2D eigenvalue weighted by Gasteiger charge is -2.08. The maximum atomic E-state index is 5.62. The van der Waals surface area contributed by atoms with Crippen molar-refractivity contribution < 1.29 is 9.47 Å². The zero-order valence-corrected chi connectivity index (χ0v) is 13.9. The molecule has 0 fully saturated rings. The molecule has 0 unspecified atom stereocenters. The van der Waals surface area contributed by atoms with Crippen LogP contribution in [0.1, 0.15) is 11.4 Å². The molecule has 0 radical (unpaired) electrons. The minimum atomic E-state index is 0.609. The van der Waals surface area contributed by atoms with Crippen molar-refractivity contribution in [2.24, 2.45) is 0 Å². The van der Waals surface area contributed by atoms with E-state index < -0.39 is 0 Å². The maximum Gasteiger partial charge on any atom is 0.133 e. The highest BCUT2D eigenvalue weighted by molar-refractivity contribution is 5.79. The van der Waals surface area contributed by atoms with E-state index in [9.17, 15) is 0 Å². The van der Waals surface area contributed by atoms with E-state index >= 15 is 0 Å². The average Bonchev–Trinajstić information content (AvgIpc) is 2.98. The number of fused-ring (bicyclic) bond motifs is 1. The zero-order valence-electron chi connectivity index (χ0n) is 13.9. The Morgan fingerprint density at radius 3 is 2.54 bits per heavy atom. The fourth-order valence-corrected chi connectivity index (χ4v) is 2.59. The lowest BCUT2D eigenvalue weighted by Crippen LogP contribution is -2.10. The number of rotatable bonds is 8. The number of aromatic nitrogens is 2. The molecule has 0 spiro atoms. The van der Waals surface area contributed by atoms with Crippen molar-refractivity contribution >= 4 is 23.2 Å². The van der Waals surface area contributed by atoms with Gasteiger partial charge in [0.25, 0.3) is 0 Å². The lowest BCUT2D eigenvalue weighted by atomic mass is 10.2. The third-order valence-corrected chi connectivity index (χ3v) is 3.80. The second kappa shape index (κ2) is 8.43. The third kappa shape index (κ3) is 4.10. The molecule has 124 valence electrons. The molecule has 0 saturated heterocycles. The molecule has 4 heteroatoms. The van der Waals surface area contributed by atoms with Gasteiger partial charge in [-0.1, -0.05) is 48.5 Å². The highest BCUT2D eigenvalue weighted by Gasteiger charge is 2.07. The summed E-state index contributed by atoms with van der Waals surface area (Å²) in [6.45, 7) is 2.62. The second-order valence-corrected chi connectivity index (χ2v) is 5.46. The summed E-state index contributed by atoms with van der Waals surface area (Å²) in [6.07, 6.45) is 4.15. The molecule has 0 amide bonds. The molecule has 0 atom stereocenters. The Bertz CT molecular complexity index is 794. The van der Waals surface area contributed by atoms with Crippen molar-refractivity contribution in [2.45, 2.75) is 6.54 Å². The Morgan fingerprint density at radius 2 is 1.71 bits per heavy atom. The molecule has 1 aromatic heterocycles. The van der Waals surface area contributed by atoms with Crippen LogP contribution in [0.5, 0.6) is 0 Å². The number of nitrogens with zero attached hydrogens (tertiary/aromatic N) is 2. The normalized spacial score (nSPS) is 11.5. The van der Waals surface area contributed by atoms with Gasteiger partial charge in [-0.25, -0.2) is 4.98 Å². The van der Waals surface area contributed by atoms with E-state index in [1.807, 2.05) is 36.4 Å². The lowest BCUT2D eigenvalue weighted by molar-refractivity contribution is 0.0669. The van der Waals surface area contributed by atoms with E-state index in [1.165, 1.54) is 0 Å². The van der Waals surface area contributed by atoms with E-state index in [4.69, 9.17) is 14.5 Å². The topological polar surface area (TPSA) is 36.3 Å². The van der Waals surface area contributed by atoms with Crippen LogP contribution in [-0.2, 0) is 16.0 Å². The van der Waals surface area contributed by atoms with Crippen molar-refractivity contribution in [3.8, 4) is 0 Å². The van der Waals surface area contributed by atoms with Gasteiger partial charge in [-0.15, -0.1) is 0 Å². The maximum absolute atomic E-state index is 5.62. The van der Waals surface area contributed by atoms with Crippen LogP contribution in [0.25, 0.3) is 23.2 Å². The number of imidazole rings is 1. The van der Waals surface area contributed by atoms with Gasteiger partial charge in [-0.2, -0.15) is 0 Å². The summed E-state index contributed by atoms with van der Waals surface area (Å²) in [5.41, 5.74) is 3.29. The molecule has 0 saturated carbocycles. The fourth-order valence-electron chi connectivity index (χ4n) is 2.59. The van der Waals surface area contributed by atoms with Gasteiger partial charge >= 0.3 is 0 Å². The smallest absolute Gasteiger partial charge is 0.133 e. The SMILES string of the molecule is COCCOCCn1c(C=Cc2ccccc2)nc2ccccc21. The van der Waals surface area contributed by atoms with E-state index in [1.54, 1.807) is 7.11 Å². The van der Waals surface area contributed by atoms with Crippen LogP contribution in [0.2, 0.25) is 0 Å². The van der Waals surface area contributed by atoms with Crippen molar-refractivity contribution in [2.75, 3.05) is 26.9 Å². The van der Waals surface area contributed by atoms with E-state index in [0.717, 1.165) is 29.0 Å². The summed E-state index contributed by atoms with van der Waals surface area (Å²) < 4.78 is 12.8. The Hall–Kier alpha value is -2.43. The summed E-state index contributed by atoms with van der Waals surface area (Å²) in [5, 5.41) is 0. The van der Waals surface area contributed by atoms with Crippen LogP contribution in [0.15, 0.2) is 54.6 Å². The number of benzene rings is 2. The van der Waals surface area contributed by atoms with Crippen LogP contribution in [0.3, 0.4) is 0 Å². The summed E-state index contributed by atoms with van der Waals surface area (Å²) in [7, 11) is 1.68. The molecule has 3 aromatic rings. The third-order valence-electron chi connectivity index (χ3n) is 3.80. The number of para-hydroxylation sites is 2. The molecular formula is C20H22N2O2. The molecular weight excluding hydrogens is 300 g/mol. The molecule has 0 aliphatic heterocycles. The summed E-state index contributed by atoms with van der Waals surface area (Å²) in [4.78, 5) is 4.74. The van der Waals surface area contributed by atoms with Crippen LogP contribution < -0.4 is 0 Å². The Morgan fingerprint density at radius 1 is 0.917 bits per heavy atom. The van der Waals surface area contributed by atoms with E-state index in [0.29, 0.717) is 19.8 Å². The van der Waals surface area contributed by atoms with E-state index in [2.05, 4.69) is 34.9 Å². The van der Waals surface area contributed by atoms with Crippen molar-refractivity contribution in [3.05, 3.63) is 66.0 Å². The molecule has 0 bridgehead atoms. The molecule has 0 aliphatic rings. The van der Waals surface area contributed by atoms with E-state index in [-0.39, 0.29) is 0 Å². The predicted molar refractivity (Wildman–Crippen MR) is 97.8 cm³/mol. The summed E-state index contributed by atoms with van der Waals surface area (Å²) >= 11 is 0. The summed E-state index contributed by atoms with van der Waals surface area (Å²) in [6, 6.07) is 18.4. The fraction of sp³-hybridized carbons (Fsp3) is 0.250. The average molecular weight is 322 g/mol. The molecule has 1 heterocycles. The monoisotopic (exact) mass is 322 g/mol. The first-order valence-electron chi connectivity index (χ1n) is 8.13. The molecule has 0 N–H and O–H groups in total. The van der Waals surface area contributed by atoms with Gasteiger partial charge in [-0.05, 0) is 23.8 Å². The highest BCUT2D eigenvalue weighted by atomic mass is 16.5. The number of hydrogen-bond acceptors (Lipinski definition) is 3. The minimum Gasteiger partial charge on any atom is -0.382 e. The number of hydrogen-bond donors (Lipinski definition) is 0. The minimum absolute atomic E-state index is 0.609. The van der Waals surface area contributed by atoms with Gasteiger partial charge in [0.1, 0.15) is 5.82 Å². The second-order valence-electron chi connectivity index (χ2n) is 5.46.